The number of hydrogen-bond donors (Lipinski definition) is 1. The molecule has 0 saturated heterocycles. The predicted molar refractivity (Wildman–Crippen MR) is 94.8 cm³/mol. The first kappa shape index (κ1) is 15.0. The molecule has 3 rings (SSSR count). The van der Waals surface area contributed by atoms with Crippen LogP contribution in [0, 0.1) is 0 Å². The number of aryl methyl sites for hydroxylation is 1. The molecule has 0 radical (unpaired) electrons. The Kier molecular flexibility index (Phi) is 4.68. The van der Waals surface area contributed by atoms with E-state index in [2.05, 4.69) is 46.4 Å². The maximum absolute atomic E-state index is 5.62. The van der Waals surface area contributed by atoms with Crippen LogP contribution in [0.25, 0.3) is 0 Å². The van der Waals surface area contributed by atoms with Crippen molar-refractivity contribution in [3.63, 3.8) is 0 Å². The zero-order valence-corrected chi connectivity index (χ0v) is 13.6. The highest BCUT2D eigenvalue weighted by Gasteiger charge is 2.31. The molecule has 1 saturated carbocycles. The maximum Gasteiger partial charge on any atom is 0.174 e. The Morgan fingerprint density at radius 1 is 1.23 bits per heavy atom. The van der Waals surface area contributed by atoms with E-state index >= 15 is 0 Å². The summed E-state index contributed by atoms with van der Waals surface area (Å²) >= 11 is 5.62. The first-order valence-corrected chi connectivity index (χ1v) is 8.23. The van der Waals surface area contributed by atoms with Gasteiger partial charge in [-0.15, -0.1) is 0 Å². The molecule has 1 aromatic heterocycles. The standard InChI is InChI=1S/C18H21N3S/c1-2-14-6-8-15(9-7-14)20-18(22)21(17-10-11-17)13-16-5-3-4-12-19-16/h3-9,12,17H,2,10-11,13H2,1H3,(H,20,22). The van der Waals surface area contributed by atoms with Crippen LogP contribution in [0.1, 0.15) is 31.0 Å². The quantitative estimate of drug-likeness (QED) is 0.845. The molecule has 2 aromatic rings. The highest BCUT2D eigenvalue weighted by molar-refractivity contribution is 7.80. The van der Waals surface area contributed by atoms with Crippen molar-refractivity contribution in [3.05, 3.63) is 59.9 Å². The molecule has 0 aliphatic heterocycles. The smallest absolute Gasteiger partial charge is 0.174 e. The monoisotopic (exact) mass is 311 g/mol. The minimum Gasteiger partial charge on any atom is -0.340 e. The molecule has 1 aromatic carbocycles. The van der Waals surface area contributed by atoms with Crippen LogP contribution in [0.3, 0.4) is 0 Å². The lowest BCUT2D eigenvalue weighted by Gasteiger charge is -2.25. The van der Waals surface area contributed by atoms with E-state index in [1.807, 2.05) is 24.4 Å². The second kappa shape index (κ2) is 6.88. The molecule has 1 aliphatic carbocycles. The number of anilines is 1. The Hall–Kier alpha value is -1.94. The van der Waals surface area contributed by atoms with Gasteiger partial charge < -0.3 is 10.2 Å². The van der Waals surface area contributed by atoms with E-state index in [1.165, 1.54) is 18.4 Å². The number of aromatic nitrogens is 1. The molecule has 0 unspecified atom stereocenters. The molecule has 4 heteroatoms. The highest BCUT2D eigenvalue weighted by Crippen LogP contribution is 2.29. The van der Waals surface area contributed by atoms with Gasteiger partial charge in [0.1, 0.15) is 0 Å². The summed E-state index contributed by atoms with van der Waals surface area (Å²) in [4.78, 5) is 6.67. The van der Waals surface area contributed by atoms with Crippen molar-refractivity contribution < 1.29 is 0 Å². The van der Waals surface area contributed by atoms with Crippen LogP contribution in [0.5, 0.6) is 0 Å². The average Bonchev–Trinajstić information content (AvgIpc) is 3.39. The van der Waals surface area contributed by atoms with E-state index in [4.69, 9.17) is 12.2 Å². The van der Waals surface area contributed by atoms with Crippen LogP contribution in [0.4, 0.5) is 5.69 Å². The third-order valence-corrected chi connectivity index (χ3v) is 4.26. The Bertz CT molecular complexity index is 621. The van der Waals surface area contributed by atoms with E-state index in [1.54, 1.807) is 0 Å². The van der Waals surface area contributed by atoms with E-state index in [-0.39, 0.29) is 0 Å². The molecule has 0 bridgehead atoms. The van der Waals surface area contributed by atoms with Gasteiger partial charge in [0.05, 0.1) is 12.2 Å². The second-order valence-electron chi connectivity index (χ2n) is 5.66. The summed E-state index contributed by atoms with van der Waals surface area (Å²) in [5.41, 5.74) is 3.44. The molecule has 0 amide bonds. The van der Waals surface area contributed by atoms with Crippen molar-refractivity contribution >= 4 is 23.0 Å². The van der Waals surface area contributed by atoms with Gasteiger partial charge in [0.15, 0.2) is 5.11 Å². The van der Waals surface area contributed by atoms with Gasteiger partial charge in [0, 0.05) is 17.9 Å². The van der Waals surface area contributed by atoms with Gasteiger partial charge in [-0.05, 0) is 61.3 Å². The molecule has 1 N–H and O–H groups in total. The van der Waals surface area contributed by atoms with E-state index in [9.17, 15) is 0 Å². The summed E-state index contributed by atoms with van der Waals surface area (Å²) in [7, 11) is 0. The Labute approximate surface area is 137 Å². The zero-order valence-electron chi connectivity index (χ0n) is 12.8. The van der Waals surface area contributed by atoms with Gasteiger partial charge in [0.25, 0.3) is 0 Å². The Balaban J connectivity index is 1.67. The topological polar surface area (TPSA) is 28.2 Å². The number of rotatable bonds is 5. The van der Waals surface area contributed by atoms with Crippen LogP contribution in [-0.2, 0) is 13.0 Å². The van der Waals surface area contributed by atoms with Crippen LogP contribution < -0.4 is 5.32 Å². The minimum absolute atomic E-state index is 0.553. The molecule has 1 heterocycles. The molecular formula is C18H21N3S. The largest absolute Gasteiger partial charge is 0.340 e. The fraction of sp³-hybridized carbons (Fsp3) is 0.333. The summed E-state index contributed by atoms with van der Waals surface area (Å²) in [5.74, 6) is 0. The number of nitrogens with one attached hydrogen (secondary N) is 1. The number of benzene rings is 1. The lowest BCUT2D eigenvalue weighted by molar-refractivity contribution is 0.404. The third-order valence-electron chi connectivity index (χ3n) is 3.92. The lowest BCUT2D eigenvalue weighted by Crippen LogP contribution is -2.36. The summed E-state index contributed by atoms with van der Waals surface area (Å²) in [6, 6.07) is 15.0. The van der Waals surface area contributed by atoms with Crippen molar-refractivity contribution in [2.45, 2.75) is 38.8 Å². The Morgan fingerprint density at radius 2 is 2.00 bits per heavy atom. The van der Waals surface area contributed by atoms with Gasteiger partial charge in [0.2, 0.25) is 0 Å². The van der Waals surface area contributed by atoms with Crippen molar-refractivity contribution in [2.24, 2.45) is 0 Å². The molecular weight excluding hydrogens is 290 g/mol. The van der Waals surface area contributed by atoms with Gasteiger partial charge >= 0.3 is 0 Å². The second-order valence-corrected chi connectivity index (χ2v) is 6.05. The van der Waals surface area contributed by atoms with Crippen LogP contribution in [0.15, 0.2) is 48.7 Å². The number of hydrogen-bond acceptors (Lipinski definition) is 2. The molecule has 1 aliphatic rings. The van der Waals surface area contributed by atoms with E-state index in [0.29, 0.717) is 6.04 Å². The summed E-state index contributed by atoms with van der Waals surface area (Å²) in [6.45, 7) is 2.93. The molecule has 0 atom stereocenters. The maximum atomic E-state index is 5.62. The number of nitrogens with zero attached hydrogens (tertiary/aromatic N) is 2. The molecule has 22 heavy (non-hydrogen) atoms. The molecule has 1 fully saturated rings. The molecule has 114 valence electrons. The molecule has 3 nitrogen and oxygen atoms in total. The van der Waals surface area contributed by atoms with Crippen LogP contribution in [-0.4, -0.2) is 21.0 Å². The van der Waals surface area contributed by atoms with E-state index < -0.39 is 0 Å². The van der Waals surface area contributed by atoms with Gasteiger partial charge in [-0.3, -0.25) is 4.98 Å². The first-order valence-electron chi connectivity index (χ1n) is 7.82. The SMILES string of the molecule is CCc1ccc(NC(=S)N(Cc2ccccn2)C2CC2)cc1. The van der Waals surface area contributed by atoms with Crippen molar-refractivity contribution in [3.8, 4) is 0 Å². The van der Waals surface area contributed by atoms with E-state index in [0.717, 1.165) is 29.5 Å². The Morgan fingerprint density at radius 3 is 2.59 bits per heavy atom. The first-order chi connectivity index (χ1) is 10.8. The number of pyridine rings is 1. The third kappa shape index (κ3) is 3.83. The fourth-order valence-electron chi connectivity index (χ4n) is 2.44. The normalized spacial score (nSPS) is 13.7. The minimum atomic E-state index is 0.553. The van der Waals surface area contributed by atoms with Gasteiger partial charge in [-0.2, -0.15) is 0 Å². The summed E-state index contributed by atoms with van der Waals surface area (Å²) in [5, 5.41) is 4.15. The fourth-order valence-corrected chi connectivity index (χ4v) is 2.77. The highest BCUT2D eigenvalue weighted by atomic mass is 32.1. The summed E-state index contributed by atoms with van der Waals surface area (Å²) < 4.78 is 0. The van der Waals surface area contributed by atoms with Crippen molar-refractivity contribution in [1.82, 2.24) is 9.88 Å². The van der Waals surface area contributed by atoms with Gasteiger partial charge in [-0.1, -0.05) is 25.1 Å². The van der Waals surface area contributed by atoms with Crippen molar-refractivity contribution in [1.29, 1.82) is 0 Å². The van der Waals surface area contributed by atoms with Crippen LogP contribution >= 0.6 is 12.2 Å². The average molecular weight is 311 g/mol. The zero-order chi connectivity index (χ0) is 15.4. The predicted octanol–water partition coefficient (Wildman–Crippen LogP) is 4.01. The number of thiocarbonyl (C=S) groups is 1. The lowest BCUT2D eigenvalue weighted by atomic mass is 10.1. The van der Waals surface area contributed by atoms with Gasteiger partial charge in [-0.25, -0.2) is 0 Å². The van der Waals surface area contributed by atoms with Crippen molar-refractivity contribution in [2.75, 3.05) is 5.32 Å². The van der Waals surface area contributed by atoms with Crippen LogP contribution in [0.2, 0.25) is 0 Å². The molecule has 0 spiro atoms. The summed E-state index contributed by atoms with van der Waals surface area (Å²) in [6.07, 6.45) is 5.31.